The Bertz CT molecular complexity index is 1420. The molecule has 0 unspecified atom stereocenters. The summed E-state index contributed by atoms with van der Waals surface area (Å²) in [5.74, 6) is -2.50. The smallest absolute Gasteiger partial charge is 0.296 e. The summed E-state index contributed by atoms with van der Waals surface area (Å²) < 4.78 is 39.7. The van der Waals surface area contributed by atoms with E-state index in [0.717, 1.165) is 15.7 Å². The zero-order valence-corrected chi connectivity index (χ0v) is 20.4. The van der Waals surface area contributed by atoms with Crippen LogP contribution in [-0.4, -0.2) is 24.5 Å². The van der Waals surface area contributed by atoms with Crippen molar-refractivity contribution in [3.05, 3.63) is 78.6 Å². The average molecular weight is 622 g/mol. The Morgan fingerprint density at radius 2 is 1.85 bits per heavy atom. The molecule has 0 aliphatic heterocycles. The number of nitro groups is 1. The molecule has 0 fully saturated rings. The summed E-state index contributed by atoms with van der Waals surface area (Å²) in [6.07, 6.45) is 0. The first-order valence-corrected chi connectivity index (χ1v) is 12.0. The average Bonchev–Trinajstić information content (AvgIpc) is 2.77. The second-order valence-electron chi connectivity index (χ2n) is 6.65. The van der Waals surface area contributed by atoms with Gasteiger partial charge >= 0.3 is 0 Å². The second-order valence-corrected chi connectivity index (χ2v) is 9.87. The van der Waals surface area contributed by atoms with Gasteiger partial charge in [0.2, 0.25) is 10.0 Å². The van der Waals surface area contributed by atoms with Gasteiger partial charge in [-0.3, -0.25) is 20.1 Å². The van der Waals surface area contributed by atoms with Gasteiger partial charge in [-0.05, 0) is 59.0 Å². The highest BCUT2D eigenvalue weighted by Gasteiger charge is 2.29. The van der Waals surface area contributed by atoms with Crippen molar-refractivity contribution in [2.75, 3.05) is 10.6 Å². The van der Waals surface area contributed by atoms with Crippen LogP contribution in [0.2, 0.25) is 5.02 Å². The van der Waals surface area contributed by atoms with Crippen molar-refractivity contribution in [1.29, 1.82) is 0 Å². The van der Waals surface area contributed by atoms with E-state index in [-0.39, 0.29) is 21.3 Å². The summed E-state index contributed by atoms with van der Waals surface area (Å²) in [7, 11) is -4.11. The molecule has 3 aromatic carbocycles. The number of benzene rings is 3. The van der Waals surface area contributed by atoms with Crippen LogP contribution in [0.1, 0.15) is 10.4 Å². The molecule has 0 aliphatic rings. The molecule has 178 valence electrons. The van der Waals surface area contributed by atoms with E-state index in [4.69, 9.17) is 21.9 Å². The number of hydrogen-bond acceptors (Lipinski definition) is 8. The lowest BCUT2D eigenvalue weighted by Gasteiger charge is -2.17. The molecule has 34 heavy (non-hydrogen) atoms. The molecule has 0 aliphatic carbocycles. The molecule has 0 saturated carbocycles. The van der Waals surface area contributed by atoms with Gasteiger partial charge in [0.15, 0.2) is 11.5 Å². The van der Waals surface area contributed by atoms with Crippen LogP contribution in [-0.2, 0) is 10.0 Å². The number of carbonyl (C=O) groups is 1. The van der Waals surface area contributed by atoms with E-state index in [1.54, 1.807) is 12.1 Å². The van der Waals surface area contributed by atoms with Crippen LogP contribution in [0.25, 0.3) is 0 Å². The highest BCUT2D eigenvalue weighted by Crippen LogP contribution is 2.40. The minimum Gasteiger partial charge on any atom is -0.351 e. The number of hydroxylamine groups is 1. The van der Waals surface area contributed by atoms with Crippen LogP contribution in [0.3, 0.4) is 0 Å². The highest BCUT2D eigenvalue weighted by atomic mass is 127. The molecule has 0 saturated heterocycles. The zero-order chi connectivity index (χ0) is 25.2. The van der Waals surface area contributed by atoms with E-state index < -0.39 is 49.3 Å². The first kappa shape index (κ1) is 25.6. The Labute approximate surface area is 210 Å². The lowest BCUT2D eigenvalue weighted by Crippen LogP contribution is -2.21. The Morgan fingerprint density at radius 1 is 1.15 bits per heavy atom. The van der Waals surface area contributed by atoms with E-state index in [2.05, 4.69) is 10.6 Å². The maximum absolute atomic E-state index is 15.7. The molecule has 0 spiro atoms. The van der Waals surface area contributed by atoms with E-state index in [1.165, 1.54) is 29.7 Å². The fourth-order valence-electron chi connectivity index (χ4n) is 2.88. The topological polar surface area (TPSA) is 177 Å². The number of nitrogens with one attached hydrogen (secondary N) is 3. The van der Waals surface area contributed by atoms with Gasteiger partial charge in [0.05, 0.1) is 31.8 Å². The van der Waals surface area contributed by atoms with E-state index in [1.807, 2.05) is 22.6 Å². The Kier molecular flexibility index (Phi) is 7.57. The molecule has 11 nitrogen and oxygen atoms in total. The Balaban J connectivity index is 2.22. The van der Waals surface area contributed by atoms with Crippen molar-refractivity contribution in [2.45, 2.75) is 4.90 Å². The van der Waals surface area contributed by atoms with Gasteiger partial charge in [0, 0.05) is 15.3 Å². The summed E-state index contributed by atoms with van der Waals surface area (Å²) in [5, 5.41) is 31.1. The van der Waals surface area contributed by atoms with Gasteiger partial charge in [-0.25, -0.2) is 23.4 Å². The summed E-state index contributed by atoms with van der Waals surface area (Å²) in [4.78, 5) is 22.6. The molecule has 15 heteroatoms. The fraction of sp³-hybridized carbons (Fsp3) is 0. The number of carbonyl (C=O) groups excluding carboxylic acids is 1. The molecule has 0 heterocycles. The molecule has 0 radical (unpaired) electrons. The van der Waals surface area contributed by atoms with E-state index in [9.17, 15) is 23.3 Å². The normalized spacial score (nSPS) is 11.1. The van der Waals surface area contributed by atoms with Gasteiger partial charge < -0.3 is 10.6 Å². The van der Waals surface area contributed by atoms with Crippen LogP contribution in [0.15, 0.2) is 53.4 Å². The first-order chi connectivity index (χ1) is 15.9. The molecule has 1 amide bonds. The molecule has 0 aromatic heterocycles. The maximum Gasteiger partial charge on any atom is 0.296 e. The molecule has 3 rings (SSSR count). The third-order valence-corrected chi connectivity index (χ3v) is 6.31. The number of anilines is 4. The van der Waals surface area contributed by atoms with Gasteiger partial charge in [0.1, 0.15) is 0 Å². The van der Waals surface area contributed by atoms with Gasteiger partial charge in [-0.2, -0.15) is 0 Å². The number of nitrogens with zero attached hydrogens (tertiary/aromatic N) is 1. The monoisotopic (exact) mass is 621 g/mol. The van der Waals surface area contributed by atoms with Crippen molar-refractivity contribution >= 4 is 78.6 Å². The zero-order valence-electron chi connectivity index (χ0n) is 16.7. The number of amides is 1. The first-order valence-electron chi connectivity index (χ1n) is 8.99. The van der Waals surface area contributed by atoms with Crippen LogP contribution in [0, 0.1) is 19.5 Å². The lowest BCUT2D eigenvalue weighted by molar-refractivity contribution is -0.384. The number of nitrogens with two attached hydrogens (primary N) is 1. The van der Waals surface area contributed by atoms with E-state index >= 15 is 4.39 Å². The van der Waals surface area contributed by atoms with Gasteiger partial charge in [0.25, 0.3) is 11.6 Å². The number of primary sulfonamides is 1. The minimum atomic E-state index is -4.11. The molecular weight excluding hydrogens is 608 g/mol. The number of sulfonamides is 1. The number of nitro benzene ring substituents is 1. The lowest BCUT2D eigenvalue weighted by atomic mass is 10.1. The second kappa shape index (κ2) is 10.1. The fourth-order valence-corrected chi connectivity index (χ4v) is 4.34. The Hall–Kier alpha value is -3.05. The standard InChI is InChI=1S/C19H14ClFIN5O6S/c20-13-6-9(22)4-5-14(13)25-17-12(19(28)26-29)8-15(27(30)31)18(16(17)21)24-10-2-1-3-11(7-10)34(23,32)33/h1-8,24-25,29H,(H,26,28)(H2,23,32,33). The Morgan fingerprint density at radius 3 is 2.44 bits per heavy atom. The summed E-state index contributed by atoms with van der Waals surface area (Å²) in [6.45, 7) is 0. The highest BCUT2D eigenvalue weighted by molar-refractivity contribution is 14.1. The van der Waals surface area contributed by atoms with Crippen molar-refractivity contribution in [3.8, 4) is 0 Å². The van der Waals surface area contributed by atoms with Crippen molar-refractivity contribution in [3.63, 3.8) is 0 Å². The van der Waals surface area contributed by atoms with Crippen LogP contribution in [0.5, 0.6) is 0 Å². The SMILES string of the molecule is NS(=O)(=O)c1cccc(Nc2c([N+](=O)[O-])cc(C(=O)NO)c(Nc3ccc(I)cc3Cl)c2F)c1. The molecule has 3 aromatic rings. The van der Waals surface area contributed by atoms with Gasteiger partial charge in [-0.1, -0.05) is 17.7 Å². The summed E-state index contributed by atoms with van der Waals surface area (Å²) in [5.41, 5.74) is -1.23. The minimum absolute atomic E-state index is 0.0360. The number of halogens is 3. The predicted molar refractivity (Wildman–Crippen MR) is 131 cm³/mol. The summed E-state index contributed by atoms with van der Waals surface area (Å²) >= 11 is 8.18. The number of hydrogen-bond donors (Lipinski definition) is 5. The predicted octanol–water partition coefficient (Wildman–Crippen LogP) is 4.25. The quantitative estimate of drug-likeness (QED) is 0.113. The molecule has 0 bridgehead atoms. The summed E-state index contributed by atoms with van der Waals surface area (Å²) in [6, 6.07) is 10.3. The van der Waals surface area contributed by atoms with Crippen LogP contribution >= 0.6 is 34.2 Å². The third kappa shape index (κ3) is 5.53. The largest absolute Gasteiger partial charge is 0.351 e. The van der Waals surface area contributed by atoms with E-state index in [0.29, 0.717) is 0 Å². The van der Waals surface area contributed by atoms with Crippen molar-refractivity contribution in [2.24, 2.45) is 5.14 Å². The molecule has 6 N–H and O–H groups in total. The molecular formula is C19H14ClFIN5O6S. The third-order valence-electron chi connectivity index (χ3n) is 4.41. The van der Waals surface area contributed by atoms with Crippen molar-refractivity contribution < 1.29 is 27.7 Å². The van der Waals surface area contributed by atoms with Gasteiger partial charge in [-0.15, -0.1) is 0 Å². The van der Waals surface area contributed by atoms with Crippen LogP contribution in [0.4, 0.5) is 32.8 Å². The van der Waals surface area contributed by atoms with Crippen LogP contribution < -0.4 is 21.3 Å². The van der Waals surface area contributed by atoms with Crippen molar-refractivity contribution in [1.82, 2.24) is 5.48 Å². The maximum atomic E-state index is 15.7. The molecule has 0 atom stereocenters. The number of rotatable bonds is 7.